The van der Waals surface area contributed by atoms with Crippen molar-refractivity contribution in [2.75, 3.05) is 26.7 Å². The van der Waals surface area contributed by atoms with Gasteiger partial charge >= 0.3 is 0 Å². The van der Waals surface area contributed by atoms with Gasteiger partial charge in [0.25, 0.3) is 5.91 Å². The highest BCUT2D eigenvalue weighted by atomic mass is 16.3. The number of benzene rings is 1. The largest absolute Gasteiger partial charge is 0.459 e. The number of hydrogen-bond donors (Lipinski definition) is 3. The Balaban J connectivity index is 1.82. The van der Waals surface area contributed by atoms with E-state index in [-0.39, 0.29) is 11.3 Å². The van der Waals surface area contributed by atoms with Gasteiger partial charge in [0.1, 0.15) is 0 Å². The predicted molar refractivity (Wildman–Crippen MR) is 109 cm³/mol. The van der Waals surface area contributed by atoms with Gasteiger partial charge in [-0.25, -0.2) is 0 Å². The van der Waals surface area contributed by atoms with Crippen molar-refractivity contribution in [3.8, 4) is 0 Å². The molecule has 0 fully saturated rings. The molecule has 1 amide bonds. The molecule has 2 aromatic rings. The highest BCUT2D eigenvalue weighted by Gasteiger charge is 2.28. The van der Waals surface area contributed by atoms with Crippen LogP contribution in [0.5, 0.6) is 0 Å². The second kappa shape index (κ2) is 10.4. The molecule has 0 radical (unpaired) electrons. The van der Waals surface area contributed by atoms with Gasteiger partial charge in [-0.2, -0.15) is 0 Å². The number of nitrogens with one attached hydrogen (secondary N) is 3. The first-order chi connectivity index (χ1) is 13.1. The summed E-state index contributed by atoms with van der Waals surface area (Å²) in [5.74, 6) is 0.824. The Morgan fingerprint density at radius 1 is 1.00 bits per heavy atom. The average Bonchev–Trinajstić information content (AvgIpc) is 3.26. The fourth-order valence-corrected chi connectivity index (χ4v) is 3.13. The number of amides is 1. The molecule has 0 unspecified atom stereocenters. The third-order valence-electron chi connectivity index (χ3n) is 5.01. The van der Waals surface area contributed by atoms with E-state index in [2.05, 4.69) is 59.1 Å². The number of furan rings is 1. The molecule has 0 aliphatic heterocycles. The summed E-state index contributed by atoms with van der Waals surface area (Å²) < 4.78 is 5.07. The summed E-state index contributed by atoms with van der Waals surface area (Å²) in [4.78, 5) is 16.1. The quantitative estimate of drug-likeness (QED) is 0.360. The number of rotatable bonds is 9. The lowest BCUT2D eigenvalue weighted by Gasteiger charge is -2.33. The van der Waals surface area contributed by atoms with E-state index in [1.807, 2.05) is 6.07 Å². The minimum Gasteiger partial charge on any atom is -0.459 e. The monoisotopic (exact) mass is 370 g/mol. The van der Waals surface area contributed by atoms with Crippen LogP contribution in [0, 0.1) is 0 Å². The number of hydrogen-bond acceptors (Lipinski definition) is 3. The third-order valence-corrected chi connectivity index (χ3v) is 5.01. The highest BCUT2D eigenvalue weighted by Crippen LogP contribution is 2.30. The van der Waals surface area contributed by atoms with Crippen LogP contribution in [0.25, 0.3) is 0 Å². The normalized spacial score (nSPS) is 11.9. The lowest BCUT2D eigenvalue weighted by Crippen LogP contribution is -2.47. The van der Waals surface area contributed by atoms with E-state index >= 15 is 0 Å². The molecule has 0 aliphatic rings. The Morgan fingerprint density at radius 2 is 1.70 bits per heavy atom. The third kappa shape index (κ3) is 5.61. The van der Waals surface area contributed by atoms with Crippen LogP contribution in [0.15, 0.2) is 58.1 Å². The summed E-state index contributed by atoms with van der Waals surface area (Å²) >= 11 is 0. The standard InChI is InChI=1S/C21H30N4O2/c1-4-21(5-2,17-10-7-6-8-11-17)16-25-20(22-3)24-14-13-23-19(26)18-12-9-15-27-18/h6-12,15H,4-5,13-14,16H2,1-3H3,(H,23,26)(H2,22,24,25). The van der Waals surface area contributed by atoms with Gasteiger partial charge in [-0.05, 0) is 30.5 Å². The summed E-state index contributed by atoms with van der Waals surface area (Å²) in [5, 5.41) is 9.48. The molecule has 6 nitrogen and oxygen atoms in total. The average molecular weight is 370 g/mol. The smallest absolute Gasteiger partial charge is 0.287 e. The van der Waals surface area contributed by atoms with Crippen molar-refractivity contribution in [1.82, 2.24) is 16.0 Å². The summed E-state index contributed by atoms with van der Waals surface area (Å²) in [6.07, 6.45) is 3.56. The zero-order valence-corrected chi connectivity index (χ0v) is 16.4. The van der Waals surface area contributed by atoms with Crippen molar-refractivity contribution < 1.29 is 9.21 Å². The Kier molecular flexibility index (Phi) is 7.92. The number of carbonyl (C=O) groups excluding carboxylic acids is 1. The lowest BCUT2D eigenvalue weighted by atomic mass is 9.76. The first-order valence-electron chi connectivity index (χ1n) is 9.47. The summed E-state index contributed by atoms with van der Waals surface area (Å²) in [6, 6.07) is 13.9. The van der Waals surface area contributed by atoms with Crippen LogP contribution < -0.4 is 16.0 Å². The van der Waals surface area contributed by atoms with E-state index < -0.39 is 0 Å². The maximum atomic E-state index is 11.8. The SMILES string of the molecule is CCC(CC)(CNC(=NC)NCCNC(=O)c1ccco1)c1ccccc1. The number of nitrogens with zero attached hydrogens (tertiary/aromatic N) is 1. The number of guanidine groups is 1. The molecule has 0 saturated carbocycles. The van der Waals surface area contributed by atoms with Crippen LogP contribution in [0.3, 0.4) is 0 Å². The molecule has 27 heavy (non-hydrogen) atoms. The minimum atomic E-state index is -0.218. The van der Waals surface area contributed by atoms with Crippen LogP contribution in [0.4, 0.5) is 0 Å². The van der Waals surface area contributed by atoms with Crippen LogP contribution in [-0.4, -0.2) is 38.5 Å². The molecule has 0 spiro atoms. The zero-order chi connectivity index (χ0) is 19.5. The first-order valence-corrected chi connectivity index (χ1v) is 9.47. The van der Waals surface area contributed by atoms with Gasteiger partial charge in [-0.3, -0.25) is 9.79 Å². The number of carbonyl (C=O) groups is 1. The molecule has 1 aromatic heterocycles. The predicted octanol–water partition coefficient (Wildman–Crippen LogP) is 2.93. The summed E-state index contributed by atoms with van der Waals surface area (Å²) in [5.41, 5.74) is 1.40. The van der Waals surface area contributed by atoms with E-state index in [9.17, 15) is 4.79 Å². The van der Waals surface area contributed by atoms with Crippen molar-refractivity contribution in [2.45, 2.75) is 32.1 Å². The number of aliphatic imine (C=N–C) groups is 1. The van der Waals surface area contributed by atoms with E-state index in [0.717, 1.165) is 25.3 Å². The zero-order valence-electron chi connectivity index (χ0n) is 16.4. The molecule has 0 aliphatic carbocycles. The molecular formula is C21H30N4O2. The Hall–Kier alpha value is -2.76. The molecule has 1 heterocycles. The van der Waals surface area contributed by atoms with Crippen LogP contribution in [0.1, 0.15) is 42.8 Å². The van der Waals surface area contributed by atoms with E-state index in [0.29, 0.717) is 18.8 Å². The second-order valence-corrected chi connectivity index (χ2v) is 6.44. The second-order valence-electron chi connectivity index (χ2n) is 6.44. The van der Waals surface area contributed by atoms with E-state index in [4.69, 9.17) is 4.42 Å². The molecule has 0 atom stereocenters. The first kappa shape index (κ1) is 20.6. The van der Waals surface area contributed by atoms with E-state index in [1.54, 1.807) is 19.2 Å². The summed E-state index contributed by atoms with van der Waals surface area (Å²) in [7, 11) is 1.75. The van der Waals surface area contributed by atoms with Crippen molar-refractivity contribution in [3.63, 3.8) is 0 Å². The molecule has 2 rings (SSSR count). The minimum absolute atomic E-state index is 0.0619. The van der Waals surface area contributed by atoms with Crippen molar-refractivity contribution in [1.29, 1.82) is 0 Å². The van der Waals surface area contributed by atoms with E-state index in [1.165, 1.54) is 11.8 Å². The van der Waals surface area contributed by atoms with Gasteiger partial charge in [0, 0.05) is 32.1 Å². The highest BCUT2D eigenvalue weighted by molar-refractivity contribution is 5.91. The fourth-order valence-electron chi connectivity index (χ4n) is 3.13. The van der Waals surface area contributed by atoms with Gasteiger partial charge < -0.3 is 20.4 Å². The molecule has 0 saturated heterocycles. The van der Waals surface area contributed by atoms with Crippen LogP contribution in [-0.2, 0) is 5.41 Å². The van der Waals surface area contributed by atoms with Crippen LogP contribution >= 0.6 is 0 Å². The molecule has 1 aromatic carbocycles. The molecule has 0 bridgehead atoms. The Labute approximate surface area is 161 Å². The van der Waals surface area contributed by atoms with Gasteiger partial charge in [0.2, 0.25) is 0 Å². The fraction of sp³-hybridized carbons (Fsp3) is 0.429. The van der Waals surface area contributed by atoms with Crippen LogP contribution in [0.2, 0.25) is 0 Å². The molecule has 3 N–H and O–H groups in total. The molecule has 6 heteroatoms. The lowest BCUT2D eigenvalue weighted by molar-refractivity contribution is 0.0926. The van der Waals surface area contributed by atoms with Gasteiger partial charge in [0.05, 0.1) is 6.26 Å². The van der Waals surface area contributed by atoms with Crippen molar-refractivity contribution >= 4 is 11.9 Å². The van der Waals surface area contributed by atoms with Crippen molar-refractivity contribution in [3.05, 3.63) is 60.1 Å². The Morgan fingerprint density at radius 3 is 2.30 bits per heavy atom. The maximum Gasteiger partial charge on any atom is 0.287 e. The van der Waals surface area contributed by atoms with Gasteiger partial charge in [-0.1, -0.05) is 44.2 Å². The Bertz CT molecular complexity index is 707. The maximum absolute atomic E-state index is 11.8. The van der Waals surface area contributed by atoms with Gasteiger partial charge in [-0.15, -0.1) is 0 Å². The summed E-state index contributed by atoms with van der Waals surface area (Å²) in [6.45, 7) is 6.29. The molecular weight excluding hydrogens is 340 g/mol. The van der Waals surface area contributed by atoms with Gasteiger partial charge in [0.15, 0.2) is 11.7 Å². The van der Waals surface area contributed by atoms with Crippen molar-refractivity contribution in [2.24, 2.45) is 4.99 Å². The topological polar surface area (TPSA) is 78.7 Å². The molecule has 146 valence electrons.